The highest BCUT2D eigenvalue weighted by atomic mass is 16.3. The van der Waals surface area contributed by atoms with Crippen molar-refractivity contribution in [1.82, 2.24) is 4.98 Å². The molecule has 3 rings (SSSR count). The second kappa shape index (κ2) is 6.18. The fourth-order valence-corrected chi connectivity index (χ4v) is 2.37. The van der Waals surface area contributed by atoms with Gasteiger partial charge in [-0.05, 0) is 48.2 Å². The Kier molecular flexibility index (Phi) is 3.92. The van der Waals surface area contributed by atoms with Crippen molar-refractivity contribution in [2.45, 2.75) is 12.8 Å². The van der Waals surface area contributed by atoms with E-state index in [9.17, 15) is 4.79 Å². The van der Waals surface area contributed by atoms with Gasteiger partial charge in [-0.25, -0.2) is 0 Å². The van der Waals surface area contributed by atoms with Gasteiger partial charge in [0.05, 0.1) is 0 Å². The number of aldehydes is 1. The molecule has 0 N–H and O–H groups in total. The van der Waals surface area contributed by atoms with Gasteiger partial charge in [-0.1, -0.05) is 24.3 Å². The van der Waals surface area contributed by atoms with Crippen LogP contribution in [0.2, 0.25) is 0 Å². The van der Waals surface area contributed by atoms with E-state index in [0.29, 0.717) is 5.76 Å². The van der Waals surface area contributed by atoms with E-state index in [2.05, 4.69) is 11.1 Å². The standard InChI is InChI=1S/C18H15NO2/c20-13-16-7-8-18(21-16)17-4-2-1-3-15(17)6-5-14-9-11-19-12-10-14/h1-4,7-13H,5-6H2. The lowest BCUT2D eigenvalue weighted by molar-refractivity contribution is 0.110. The summed E-state index contributed by atoms with van der Waals surface area (Å²) in [5.74, 6) is 1.09. The third kappa shape index (κ3) is 3.08. The summed E-state index contributed by atoms with van der Waals surface area (Å²) in [5, 5.41) is 0. The van der Waals surface area contributed by atoms with Crippen LogP contribution in [0.3, 0.4) is 0 Å². The second-order valence-corrected chi connectivity index (χ2v) is 4.83. The SMILES string of the molecule is O=Cc1ccc(-c2ccccc2CCc2ccncc2)o1. The van der Waals surface area contributed by atoms with Crippen molar-refractivity contribution in [1.29, 1.82) is 0 Å². The Balaban J connectivity index is 1.84. The van der Waals surface area contributed by atoms with Gasteiger partial charge in [0.2, 0.25) is 0 Å². The molecular formula is C18H15NO2. The third-order valence-corrected chi connectivity index (χ3v) is 3.46. The van der Waals surface area contributed by atoms with Gasteiger partial charge < -0.3 is 4.42 Å². The highest BCUT2D eigenvalue weighted by Gasteiger charge is 2.09. The molecule has 0 aliphatic rings. The van der Waals surface area contributed by atoms with E-state index < -0.39 is 0 Å². The number of carbonyl (C=O) groups is 1. The minimum absolute atomic E-state index is 0.355. The van der Waals surface area contributed by atoms with E-state index in [1.54, 1.807) is 6.07 Å². The third-order valence-electron chi connectivity index (χ3n) is 3.46. The molecule has 3 heteroatoms. The van der Waals surface area contributed by atoms with Gasteiger partial charge in [-0.3, -0.25) is 9.78 Å². The normalized spacial score (nSPS) is 10.5. The molecule has 0 spiro atoms. The fourth-order valence-electron chi connectivity index (χ4n) is 2.37. The van der Waals surface area contributed by atoms with Crippen molar-refractivity contribution in [3.63, 3.8) is 0 Å². The monoisotopic (exact) mass is 277 g/mol. The van der Waals surface area contributed by atoms with Crippen LogP contribution in [0.5, 0.6) is 0 Å². The van der Waals surface area contributed by atoms with Crippen LogP contribution in [0, 0.1) is 0 Å². The maximum Gasteiger partial charge on any atom is 0.185 e. The highest BCUT2D eigenvalue weighted by Crippen LogP contribution is 2.26. The van der Waals surface area contributed by atoms with Gasteiger partial charge in [0.1, 0.15) is 5.76 Å². The van der Waals surface area contributed by atoms with Crippen molar-refractivity contribution < 1.29 is 9.21 Å². The van der Waals surface area contributed by atoms with Crippen LogP contribution in [0.1, 0.15) is 21.7 Å². The molecule has 0 aliphatic heterocycles. The van der Waals surface area contributed by atoms with Crippen LogP contribution in [-0.4, -0.2) is 11.3 Å². The number of carbonyl (C=O) groups excluding carboxylic acids is 1. The molecule has 104 valence electrons. The van der Waals surface area contributed by atoms with E-state index in [1.165, 1.54) is 11.1 Å². The molecule has 2 heterocycles. The number of nitrogens with zero attached hydrogens (tertiary/aromatic N) is 1. The van der Waals surface area contributed by atoms with E-state index in [1.807, 2.05) is 48.8 Å². The largest absolute Gasteiger partial charge is 0.453 e. The van der Waals surface area contributed by atoms with Crippen LogP contribution in [-0.2, 0) is 12.8 Å². The quantitative estimate of drug-likeness (QED) is 0.663. The molecule has 3 nitrogen and oxygen atoms in total. The smallest absolute Gasteiger partial charge is 0.185 e. The first kappa shape index (κ1) is 13.3. The molecule has 0 fully saturated rings. The zero-order valence-corrected chi connectivity index (χ0v) is 11.5. The minimum Gasteiger partial charge on any atom is -0.453 e. The van der Waals surface area contributed by atoms with Crippen molar-refractivity contribution in [2.24, 2.45) is 0 Å². The van der Waals surface area contributed by atoms with Gasteiger partial charge >= 0.3 is 0 Å². The zero-order valence-electron chi connectivity index (χ0n) is 11.5. The Morgan fingerprint density at radius 3 is 2.52 bits per heavy atom. The Labute approximate surface area is 123 Å². The minimum atomic E-state index is 0.355. The van der Waals surface area contributed by atoms with Crippen LogP contribution >= 0.6 is 0 Å². The summed E-state index contributed by atoms with van der Waals surface area (Å²) in [4.78, 5) is 14.8. The molecule has 0 radical (unpaired) electrons. The lowest BCUT2D eigenvalue weighted by atomic mass is 9.99. The predicted octanol–water partition coefficient (Wildman–Crippen LogP) is 3.94. The molecule has 1 aromatic carbocycles. The number of aromatic nitrogens is 1. The summed E-state index contributed by atoms with van der Waals surface area (Å²) in [6.45, 7) is 0. The molecule has 0 aliphatic carbocycles. The summed E-state index contributed by atoms with van der Waals surface area (Å²) in [6, 6.07) is 15.7. The lowest BCUT2D eigenvalue weighted by Gasteiger charge is -2.07. The van der Waals surface area contributed by atoms with Crippen LogP contribution in [0.4, 0.5) is 0 Å². The molecule has 0 saturated heterocycles. The van der Waals surface area contributed by atoms with Crippen molar-refractivity contribution in [2.75, 3.05) is 0 Å². The summed E-state index contributed by atoms with van der Waals surface area (Å²) < 4.78 is 5.53. The summed E-state index contributed by atoms with van der Waals surface area (Å²) in [6.07, 6.45) is 6.20. The topological polar surface area (TPSA) is 43.1 Å². The molecular weight excluding hydrogens is 262 g/mol. The van der Waals surface area contributed by atoms with Gasteiger partial charge in [0.25, 0.3) is 0 Å². The first-order valence-electron chi connectivity index (χ1n) is 6.89. The number of pyridine rings is 1. The maximum absolute atomic E-state index is 10.7. The van der Waals surface area contributed by atoms with E-state index in [4.69, 9.17) is 4.42 Å². The first-order valence-corrected chi connectivity index (χ1v) is 6.89. The van der Waals surface area contributed by atoms with Gasteiger partial charge in [-0.15, -0.1) is 0 Å². The molecule has 0 bridgehead atoms. The van der Waals surface area contributed by atoms with Crippen LogP contribution in [0.15, 0.2) is 65.3 Å². The molecule has 3 aromatic rings. The number of hydrogen-bond acceptors (Lipinski definition) is 3. The van der Waals surface area contributed by atoms with Crippen molar-refractivity contribution in [3.05, 3.63) is 77.8 Å². The van der Waals surface area contributed by atoms with E-state index in [-0.39, 0.29) is 0 Å². The molecule has 21 heavy (non-hydrogen) atoms. The molecule has 0 unspecified atom stereocenters. The Morgan fingerprint density at radius 2 is 1.76 bits per heavy atom. The number of benzene rings is 1. The number of furan rings is 1. The molecule has 0 atom stereocenters. The number of aryl methyl sites for hydroxylation is 2. The first-order chi connectivity index (χ1) is 10.4. The lowest BCUT2D eigenvalue weighted by Crippen LogP contribution is -1.94. The highest BCUT2D eigenvalue weighted by molar-refractivity contribution is 5.73. The Bertz CT molecular complexity index is 732. The van der Waals surface area contributed by atoms with Gasteiger partial charge in [0.15, 0.2) is 12.0 Å². The average molecular weight is 277 g/mol. The molecule has 0 amide bonds. The van der Waals surface area contributed by atoms with E-state index in [0.717, 1.165) is 30.5 Å². The average Bonchev–Trinajstić information content (AvgIpc) is 3.03. The predicted molar refractivity (Wildman–Crippen MR) is 81.2 cm³/mol. The van der Waals surface area contributed by atoms with Crippen molar-refractivity contribution >= 4 is 6.29 Å². The Hall–Kier alpha value is -2.68. The molecule has 0 saturated carbocycles. The molecule has 2 aromatic heterocycles. The number of hydrogen-bond donors (Lipinski definition) is 0. The van der Waals surface area contributed by atoms with Gasteiger partial charge in [-0.2, -0.15) is 0 Å². The second-order valence-electron chi connectivity index (χ2n) is 4.83. The summed E-state index contributed by atoms with van der Waals surface area (Å²) >= 11 is 0. The van der Waals surface area contributed by atoms with Crippen LogP contribution < -0.4 is 0 Å². The maximum atomic E-state index is 10.7. The van der Waals surface area contributed by atoms with Crippen molar-refractivity contribution in [3.8, 4) is 11.3 Å². The fraction of sp³-hybridized carbons (Fsp3) is 0.111. The Morgan fingerprint density at radius 1 is 0.952 bits per heavy atom. The number of rotatable bonds is 5. The zero-order chi connectivity index (χ0) is 14.5. The van der Waals surface area contributed by atoms with Gasteiger partial charge in [0, 0.05) is 18.0 Å². The summed E-state index contributed by atoms with van der Waals surface area (Å²) in [7, 11) is 0. The summed E-state index contributed by atoms with van der Waals surface area (Å²) in [5.41, 5.74) is 3.51. The van der Waals surface area contributed by atoms with E-state index >= 15 is 0 Å². The van der Waals surface area contributed by atoms with Crippen LogP contribution in [0.25, 0.3) is 11.3 Å².